The molecule has 0 atom stereocenters. The smallest absolute Gasteiger partial charge is 0.252 e. The number of imidazole rings is 2. The number of pyridine rings is 2. The Balaban J connectivity index is 1.63. The average Bonchev–Trinajstić information content (AvgIpc) is 3.54. The molecule has 166 valence electrons. The molecule has 5 heteroatoms. The Morgan fingerprint density at radius 1 is 0.459 bits per heavy atom. The number of aromatic nitrogens is 4. The molecule has 0 saturated carbocycles. The first-order valence-electron chi connectivity index (χ1n) is 12.8. The molecule has 37 heavy (non-hydrogen) atoms. The fraction of sp³-hybridized carbons (Fsp3) is 0. The summed E-state index contributed by atoms with van der Waals surface area (Å²) in [5.74, 6) is 0. The number of hydrogen-bond donors (Lipinski definition) is 0. The highest BCUT2D eigenvalue weighted by molar-refractivity contribution is 7.01. The lowest BCUT2D eigenvalue weighted by Gasteiger charge is -2.30. The van der Waals surface area contributed by atoms with Crippen molar-refractivity contribution in [2.24, 2.45) is 0 Å². The van der Waals surface area contributed by atoms with E-state index in [0.29, 0.717) is 0 Å². The number of nitrogens with zero attached hydrogens (tertiary/aromatic N) is 4. The van der Waals surface area contributed by atoms with Crippen LogP contribution < -0.4 is 16.4 Å². The van der Waals surface area contributed by atoms with Gasteiger partial charge in [0.05, 0.1) is 33.1 Å². The van der Waals surface area contributed by atoms with Gasteiger partial charge in [0.25, 0.3) is 6.71 Å². The molecular weight excluding hydrogens is 451 g/mol. The van der Waals surface area contributed by atoms with E-state index >= 15 is 0 Å². The minimum absolute atomic E-state index is 0.140. The summed E-state index contributed by atoms with van der Waals surface area (Å²) in [5.41, 5.74) is 13.4. The molecule has 4 aromatic heterocycles. The standard InChI is InChI=1S/C32H15BN4/c1-3-9-18-16(7-1)20-15-21-17-8-2-4-10-19(17)32-35-25-14-6-12-23-30(25)37(32)28(21)26-27(20)36-29-22(33(23)26)11-5-13-24(29)34-31(18)36/h1-15H. The van der Waals surface area contributed by atoms with Crippen LogP contribution in [0.15, 0.2) is 91.0 Å². The number of rotatable bonds is 0. The Labute approximate surface area is 209 Å². The third-order valence-corrected chi connectivity index (χ3v) is 9.00. The third kappa shape index (κ3) is 1.68. The van der Waals surface area contributed by atoms with Crippen LogP contribution in [0.1, 0.15) is 0 Å². The molecule has 2 aliphatic heterocycles. The van der Waals surface area contributed by atoms with Gasteiger partial charge in [-0.15, -0.1) is 0 Å². The SMILES string of the molecule is c1cc2c3c(c1)nc1c4ccccc4c4cc5c6ccccc6c6nc7cccc8c7n6c5c(c4n13)B28. The quantitative estimate of drug-likeness (QED) is 0.178. The van der Waals surface area contributed by atoms with Crippen molar-refractivity contribution in [1.82, 2.24) is 18.8 Å². The van der Waals surface area contributed by atoms with Crippen LogP contribution >= 0.6 is 0 Å². The Morgan fingerprint density at radius 2 is 0.946 bits per heavy atom. The minimum atomic E-state index is 0.140. The van der Waals surface area contributed by atoms with E-state index in [9.17, 15) is 0 Å². The van der Waals surface area contributed by atoms with E-state index in [-0.39, 0.29) is 6.71 Å². The first-order valence-corrected chi connectivity index (χ1v) is 12.8. The molecule has 2 aliphatic rings. The first-order chi connectivity index (χ1) is 18.4. The fourth-order valence-electron chi connectivity index (χ4n) is 7.72. The lowest BCUT2D eigenvalue weighted by Crippen LogP contribution is -2.57. The van der Waals surface area contributed by atoms with E-state index in [1.165, 1.54) is 70.8 Å². The van der Waals surface area contributed by atoms with Gasteiger partial charge in [0.15, 0.2) is 0 Å². The highest BCUT2D eigenvalue weighted by Crippen LogP contribution is 2.40. The van der Waals surface area contributed by atoms with Gasteiger partial charge in [-0.2, -0.15) is 0 Å². The monoisotopic (exact) mass is 466 g/mol. The molecule has 0 fully saturated rings. The molecule has 0 N–H and O–H groups in total. The zero-order valence-corrected chi connectivity index (χ0v) is 19.5. The summed E-state index contributed by atoms with van der Waals surface area (Å²) in [5, 5.41) is 7.52. The van der Waals surface area contributed by atoms with Gasteiger partial charge in [-0.25, -0.2) is 9.97 Å². The third-order valence-electron chi connectivity index (χ3n) is 9.00. The fourth-order valence-corrected chi connectivity index (χ4v) is 7.72. The van der Waals surface area contributed by atoms with Crippen molar-refractivity contribution in [3.8, 4) is 0 Å². The lowest BCUT2D eigenvalue weighted by atomic mass is 9.34. The number of hydrogen-bond acceptors (Lipinski definition) is 2. The van der Waals surface area contributed by atoms with Crippen LogP contribution in [-0.4, -0.2) is 25.5 Å². The van der Waals surface area contributed by atoms with Crippen LogP contribution in [0.3, 0.4) is 0 Å². The number of para-hydroxylation sites is 2. The number of fused-ring (bicyclic) bond motifs is 8. The van der Waals surface area contributed by atoms with Gasteiger partial charge in [-0.05, 0) is 45.4 Å². The molecular formula is C32H15BN4. The van der Waals surface area contributed by atoms with Gasteiger partial charge < -0.3 is 0 Å². The van der Waals surface area contributed by atoms with Crippen molar-refractivity contribution in [1.29, 1.82) is 0 Å². The topological polar surface area (TPSA) is 34.6 Å². The Kier molecular flexibility index (Phi) is 2.57. The van der Waals surface area contributed by atoms with Crippen LogP contribution in [0.5, 0.6) is 0 Å². The summed E-state index contributed by atoms with van der Waals surface area (Å²) in [7, 11) is 0. The molecule has 0 amide bonds. The van der Waals surface area contributed by atoms with Crippen LogP contribution in [0.25, 0.3) is 76.7 Å². The average molecular weight is 466 g/mol. The van der Waals surface area contributed by atoms with Gasteiger partial charge in [0.2, 0.25) is 0 Å². The van der Waals surface area contributed by atoms with Gasteiger partial charge in [-0.1, -0.05) is 72.8 Å². The Morgan fingerprint density at radius 3 is 1.46 bits per heavy atom. The van der Waals surface area contributed by atoms with Gasteiger partial charge in [-0.3, -0.25) is 8.80 Å². The van der Waals surface area contributed by atoms with E-state index < -0.39 is 0 Å². The van der Waals surface area contributed by atoms with Crippen LogP contribution in [-0.2, 0) is 0 Å². The summed E-state index contributed by atoms with van der Waals surface area (Å²) in [6.07, 6.45) is 0. The Bertz CT molecular complexity index is 2410. The molecule has 0 saturated heterocycles. The molecule has 0 bridgehead atoms. The second kappa shape index (κ2) is 5.42. The van der Waals surface area contributed by atoms with Crippen LogP contribution in [0.2, 0.25) is 0 Å². The highest BCUT2D eigenvalue weighted by atomic mass is 15.0. The van der Waals surface area contributed by atoms with Crippen LogP contribution in [0.4, 0.5) is 0 Å². The second-order valence-electron chi connectivity index (χ2n) is 10.6. The predicted octanol–water partition coefficient (Wildman–Crippen LogP) is 5.04. The largest absolute Gasteiger partial charge is 0.293 e. The molecule has 0 unspecified atom stereocenters. The molecule has 0 spiro atoms. The molecule has 0 radical (unpaired) electrons. The maximum absolute atomic E-state index is 5.23. The van der Waals surface area contributed by atoms with Crippen molar-refractivity contribution in [3.05, 3.63) is 91.0 Å². The zero-order valence-electron chi connectivity index (χ0n) is 19.5. The molecule has 9 aromatic rings. The van der Waals surface area contributed by atoms with Crippen molar-refractivity contribution in [3.63, 3.8) is 0 Å². The molecule has 6 heterocycles. The molecule has 4 nitrogen and oxygen atoms in total. The van der Waals surface area contributed by atoms with Crippen molar-refractivity contribution in [2.75, 3.05) is 0 Å². The molecule has 11 rings (SSSR count). The van der Waals surface area contributed by atoms with Gasteiger partial charge in [0.1, 0.15) is 11.3 Å². The van der Waals surface area contributed by atoms with E-state index in [1.807, 2.05) is 0 Å². The summed E-state index contributed by atoms with van der Waals surface area (Å²) in [4.78, 5) is 10.5. The summed E-state index contributed by atoms with van der Waals surface area (Å²) < 4.78 is 4.91. The van der Waals surface area contributed by atoms with Crippen molar-refractivity contribution in [2.45, 2.75) is 0 Å². The predicted molar refractivity (Wildman–Crippen MR) is 154 cm³/mol. The minimum Gasteiger partial charge on any atom is -0.293 e. The van der Waals surface area contributed by atoms with Crippen molar-refractivity contribution < 1.29 is 0 Å². The zero-order chi connectivity index (χ0) is 23.6. The maximum atomic E-state index is 5.23. The normalized spacial score (nSPS) is 13.9. The number of benzene rings is 5. The van der Waals surface area contributed by atoms with Crippen LogP contribution in [0, 0.1) is 0 Å². The Hall–Kier alpha value is -4.90. The van der Waals surface area contributed by atoms with Gasteiger partial charge in [0, 0.05) is 21.5 Å². The second-order valence-corrected chi connectivity index (χ2v) is 10.6. The molecule has 5 aromatic carbocycles. The summed E-state index contributed by atoms with van der Waals surface area (Å²) >= 11 is 0. The van der Waals surface area contributed by atoms with E-state index in [2.05, 4.69) is 99.8 Å². The highest BCUT2D eigenvalue weighted by Gasteiger charge is 2.39. The first kappa shape index (κ1) is 17.5. The maximum Gasteiger partial charge on any atom is 0.252 e. The van der Waals surface area contributed by atoms with E-state index in [4.69, 9.17) is 9.97 Å². The van der Waals surface area contributed by atoms with E-state index in [0.717, 1.165) is 22.3 Å². The van der Waals surface area contributed by atoms with E-state index in [1.54, 1.807) is 0 Å². The summed E-state index contributed by atoms with van der Waals surface area (Å²) in [6, 6.07) is 33.3. The summed E-state index contributed by atoms with van der Waals surface area (Å²) in [6.45, 7) is 0.140. The van der Waals surface area contributed by atoms with Gasteiger partial charge >= 0.3 is 0 Å². The molecule has 0 aliphatic carbocycles. The van der Waals surface area contributed by atoms with Crippen molar-refractivity contribution >= 4 is 99.8 Å². The lowest BCUT2D eigenvalue weighted by molar-refractivity contribution is 1.30.